The van der Waals surface area contributed by atoms with Gasteiger partial charge in [-0.1, -0.05) is 51.8 Å². The number of benzene rings is 2. The zero-order valence-corrected chi connectivity index (χ0v) is 27.2. The van der Waals surface area contributed by atoms with Gasteiger partial charge in [0.1, 0.15) is 6.54 Å². The van der Waals surface area contributed by atoms with Crippen molar-refractivity contribution in [2.45, 2.75) is 44.4 Å². The summed E-state index contributed by atoms with van der Waals surface area (Å²) in [7, 11) is 1.28. The number of hydrogen-bond acceptors (Lipinski definition) is 5. The van der Waals surface area contributed by atoms with Crippen molar-refractivity contribution in [2.24, 2.45) is 5.92 Å². The van der Waals surface area contributed by atoms with Crippen LogP contribution in [0.15, 0.2) is 57.6 Å². The van der Waals surface area contributed by atoms with Crippen LogP contribution in [0.1, 0.15) is 52.3 Å². The van der Waals surface area contributed by atoms with E-state index in [4.69, 9.17) is 16.6 Å². The van der Waals surface area contributed by atoms with Crippen LogP contribution in [-0.4, -0.2) is 54.4 Å². The monoisotopic (exact) mass is 715 g/mol. The number of likely N-dealkylation sites (tertiary alicyclic amines) is 1. The highest BCUT2D eigenvalue weighted by molar-refractivity contribution is 9.10. The predicted molar refractivity (Wildman–Crippen MR) is 169 cm³/mol. The smallest absolute Gasteiger partial charge is 0.325 e. The Morgan fingerprint density at radius 2 is 1.74 bits per heavy atom. The number of aryl methyl sites for hydroxylation is 2. The lowest BCUT2D eigenvalue weighted by atomic mass is 9.76. The van der Waals surface area contributed by atoms with Crippen LogP contribution in [0.25, 0.3) is 0 Å². The highest BCUT2D eigenvalue weighted by atomic mass is 79.9. The van der Waals surface area contributed by atoms with Crippen LogP contribution in [0.2, 0.25) is 5.02 Å². The number of nitrogens with zero attached hydrogens (tertiary/aromatic N) is 2. The number of nitrogens with one attached hydrogen (secondary N) is 1. The highest BCUT2D eigenvalue weighted by Gasteiger charge is 2.36. The number of esters is 1. The van der Waals surface area contributed by atoms with Gasteiger partial charge in [-0.05, 0) is 93.5 Å². The van der Waals surface area contributed by atoms with Crippen molar-refractivity contribution in [1.29, 1.82) is 0 Å². The summed E-state index contributed by atoms with van der Waals surface area (Å²) in [5, 5.41) is 3.27. The van der Waals surface area contributed by atoms with Crippen molar-refractivity contribution < 1.29 is 19.1 Å². The number of piperidine rings is 1. The molecule has 1 aliphatic heterocycles. The Bertz CT molecular complexity index is 1510. The maximum Gasteiger partial charge on any atom is 0.325 e. The molecule has 10 heteroatoms. The normalized spacial score (nSPS) is 16.7. The van der Waals surface area contributed by atoms with Gasteiger partial charge in [-0.25, -0.2) is 0 Å². The average molecular weight is 718 g/mol. The summed E-state index contributed by atoms with van der Waals surface area (Å²) in [4.78, 5) is 43.7. The minimum atomic E-state index is -0.500. The summed E-state index contributed by atoms with van der Waals surface area (Å²) < 4.78 is 6.55. The molecule has 0 saturated carbocycles. The molecule has 1 saturated heterocycles. The fourth-order valence-corrected chi connectivity index (χ4v) is 7.64. The van der Waals surface area contributed by atoms with Crippen molar-refractivity contribution >= 4 is 61.2 Å². The van der Waals surface area contributed by atoms with E-state index in [-0.39, 0.29) is 37.1 Å². The molecule has 2 aromatic carbocycles. The third-order valence-corrected chi connectivity index (χ3v) is 9.46. The Morgan fingerprint density at radius 3 is 2.48 bits per heavy atom. The molecule has 0 unspecified atom stereocenters. The summed E-state index contributed by atoms with van der Waals surface area (Å²) >= 11 is 13.9. The fraction of sp³-hybridized carbons (Fsp3) is 0.375. The second kappa shape index (κ2) is 13.7. The van der Waals surface area contributed by atoms with E-state index in [1.165, 1.54) is 23.8 Å². The van der Waals surface area contributed by atoms with Crippen LogP contribution in [0.5, 0.6) is 0 Å². The van der Waals surface area contributed by atoms with E-state index in [0.717, 1.165) is 56.5 Å². The fourth-order valence-electron chi connectivity index (χ4n) is 6.14. The molecule has 3 aromatic rings. The van der Waals surface area contributed by atoms with Gasteiger partial charge < -0.3 is 15.0 Å². The molecule has 1 fully saturated rings. The van der Waals surface area contributed by atoms with Crippen LogP contribution >= 0.6 is 43.5 Å². The van der Waals surface area contributed by atoms with Crippen molar-refractivity contribution in [3.05, 3.63) is 96.1 Å². The molecular weight excluding hydrogens is 686 g/mol. The molecule has 1 aromatic heterocycles. The third kappa shape index (κ3) is 7.24. The van der Waals surface area contributed by atoms with E-state index in [0.29, 0.717) is 19.0 Å². The molecule has 2 amide bonds. The lowest BCUT2D eigenvalue weighted by Crippen LogP contribution is -2.41. The molecule has 5 rings (SSSR count). The molecule has 0 spiro atoms. The summed E-state index contributed by atoms with van der Waals surface area (Å²) in [6.45, 7) is 1.20. The number of rotatable bonds is 7. The van der Waals surface area contributed by atoms with Crippen LogP contribution in [-0.2, 0) is 44.8 Å². The number of carbonyl (C=O) groups is 3. The van der Waals surface area contributed by atoms with Gasteiger partial charge >= 0.3 is 5.97 Å². The highest BCUT2D eigenvalue weighted by Crippen LogP contribution is 2.46. The molecule has 1 atom stereocenters. The number of fused-ring (bicyclic) bond motifs is 2. The second-order valence-electron chi connectivity index (χ2n) is 10.9. The summed E-state index contributed by atoms with van der Waals surface area (Å²) in [5.41, 5.74) is 6.55. The molecule has 0 bridgehead atoms. The molecule has 1 N–H and O–H groups in total. The Morgan fingerprint density at radius 1 is 1.02 bits per heavy atom. The molecule has 2 aliphatic rings. The standard InChI is InChI=1S/C32H32Br2ClN3O4/c1-42-29(41)18-36-27(39)12-19-3-2-4-20(11-19)13-28(40)38-9-7-21(8-10-38)31-30-22(15-25(35)16-26(30)34)5-6-23-14-24(33)17-37-32(23)31/h2-4,11,14-17,21,31H,5-10,12-13,18H2,1H3,(H,36,39)/t31-/m1/s1. The summed E-state index contributed by atoms with van der Waals surface area (Å²) in [6, 6.07) is 13.7. The summed E-state index contributed by atoms with van der Waals surface area (Å²) in [5.74, 6) is -0.236. The van der Waals surface area contributed by atoms with Crippen LogP contribution in [0, 0.1) is 5.92 Å². The molecule has 220 valence electrons. The number of ether oxygens (including phenoxy) is 1. The Labute approximate surface area is 267 Å². The Hall–Kier alpha value is -2.75. The minimum Gasteiger partial charge on any atom is -0.468 e. The largest absolute Gasteiger partial charge is 0.468 e. The van der Waals surface area contributed by atoms with Gasteiger partial charge in [-0.2, -0.15) is 0 Å². The Kier molecular flexibility index (Phi) is 10.0. The number of halogens is 3. The van der Waals surface area contributed by atoms with E-state index in [9.17, 15) is 14.4 Å². The van der Waals surface area contributed by atoms with E-state index < -0.39 is 5.97 Å². The van der Waals surface area contributed by atoms with Gasteiger partial charge in [-0.15, -0.1) is 0 Å². The quantitative estimate of drug-likeness (QED) is 0.312. The second-order valence-corrected chi connectivity index (χ2v) is 13.1. The lowest BCUT2D eigenvalue weighted by molar-refractivity contribution is -0.141. The molecule has 7 nitrogen and oxygen atoms in total. The Balaban J connectivity index is 1.26. The first-order chi connectivity index (χ1) is 20.2. The van der Waals surface area contributed by atoms with Crippen molar-refractivity contribution in [2.75, 3.05) is 26.7 Å². The number of aromatic nitrogens is 1. The average Bonchev–Trinajstić information content (AvgIpc) is 3.13. The lowest BCUT2D eigenvalue weighted by Gasteiger charge is -2.37. The first-order valence-corrected chi connectivity index (χ1v) is 16.0. The number of methoxy groups -OCH3 is 1. The van der Waals surface area contributed by atoms with Crippen LogP contribution < -0.4 is 5.32 Å². The maximum absolute atomic E-state index is 13.3. The SMILES string of the molecule is COC(=O)CNC(=O)Cc1cccc(CC(=O)N2CCC([C@H]3c4ncc(Br)cc4CCc4cc(Cl)cc(Br)c43)CC2)c1. The van der Waals surface area contributed by atoms with Gasteiger partial charge in [-0.3, -0.25) is 19.4 Å². The number of hydrogen-bond donors (Lipinski definition) is 1. The van der Waals surface area contributed by atoms with Gasteiger partial charge in [0.25, 0.3) is 0 Å². The summed E-state index contributed by atoms with van der Waals surface area (Å²) in [6.07, 6.45) is 5.85. The molecule has 1 aliphatic carbocycles. The number of amides is 2. The molecular formula is C32H32Br2ClN3O4. The topological polar surface area (TPSA) is 88.6 Å². The van der Waals surface area contributed by atoms with E-state index in [1.54, 1.807) is 0 Å². The maximum atomic E-state index is 13.3. The third-order valence-electron chi connectivity index (χ3n) is 8.15. The van der Waals surface area contributed by atoms with Gasteiger partial charge in [0.2, 0.25) is 11.8 Å². The van der Waals surface area contributed by atoms with Gasteiger partial charge in [0.05, 0.1) is 25.6 Å². The molecule has 2 heterocycles. The molecule has 42 heavy (non-hydrogen) atoms. The van der Waals surface area contributed by atoms with E-state index in [2.05, 4.69) is 54.0 Å². The molecule has 0 radical (unpaired) electrons. The predicted octanol–water partition coefficient (Wildman–Crippen LogP) is 5.80. The first kappa shape index (κ1) is 30.7. The minimum absolute atomic E-state index is 0.0810. The number of pyridine rings is 1. The van der Waals surface area contributed by atoms with Crippen LogP contribution in [0.4, 0.5) is 0 Å². The van der Waals surface area contributed by atoms with E-state index in [1.807, 2.05) is 41.4 Å². The van der Waals surface area contributed by atoms with Crippen molar-refractivity contribution in [3.8, 4) is 0 Å². The van der Waals surface area contributed by atoms with Crippen molar-refractivity contribution in [3.63, 3.8) is 0 Å². The number of carbonyl (C=O) groups excluding carboxylic acids is 3. The zero-order valence-electron chi connectivity index (χ0n) is 23.3. The first-order valence-electron chi connectivity index (χ1n) is 14.0. The van der Waals surface area contributed by atoms with Crippen LogP contribution in [0.3, 0.4) is 0 Å². The zero-order chi connectivity index (χ0) is 29.8. The van der Waals surface area contributed by atoms with Crippen molar-refractivity contribution in [1.82, 2.24) is 15.2 Å². The van der Waals surface area contributed by atoms with E-state index >= 15 is 0 Å². The van der Waals surface area contributed by atoms with Gasteiger partial charge in [0, 0.05) is 39.2 Å². The van der Waals surface area contributed by atoms with Gasteiger partial charge in [0.15, 0.2) is 0 Å².